The van der Waals surface area contributed by atoms with E-state index in [1.54, 1.807) is 12.3 Å². The molecule has 1 amide bonds. The number of nitrogens with one attached hydrogen (secondary N) is 1. The number of carbonyl (C=O) groups excluding carboxylic acids is 1. The van der Waals surface area contributed by atoms with E-state index in [-0.39, 0.29) is 12.5 Å². The Bertz CT molecular complexity index is 387. The van der Waals surface area contributed by atoms with Gasteiger partial charge >= 0.3 is 0 Å². The Morgan fingerprint density at radius 1 is 1.47 bits per heavy atom. The summed E-state index contributed by atoms with van der Waals surface area (Å²) < 4.78 is 0. The molecule has 1 aromatic heterocycles. The van der Waals surface area contributed by atoms with Crippen molar-refractivity contribution >= 4 is 5.91 Å². The van der Waals surface area contributed by atoms with Crippen LogP contribution in [0, 0.1) is 6.92 Å². The number of amides is 1. The van der Waals surface area contributed by atoms with E-state index in [0.29, 0.717) is 18.5 Å². The highest BCUT2D eigenvalue weighted by Gasteiger charge is 2.23. The molecule has 94 valence electrons. The van der Waals surface area contributed by atoms with Crippen LogP contribution in [-0.2, 0) is 0 Å². The predicted molar refractivity (Wildman–Crippen MR) is 66.8 cm³/mol. The van der Waals surface area contributed by atoms with Crippen molar-refractivity contribution in [2.24, 2.45) is 0 Å². The molecule has 0 aromatic carbocycles. The van der Waals surface area contributed by atoms with Crippen LogP contribution in [0.25, 0.3) is 0 Å². The summed E-state index contributed by atoms with van der Waals surface area (Å²) in [7, 11) is 0. The molecule has 1 rings (SSSR count). The number of pyridine rings is 1. The molecule has 0 aliphatic carbocycles. The number of aryl methyl sites for hydroxylation is 1. The van der Waals surface area contributed by atoms with Crippen LogP contribution < -0.4 is 5.32 Å². The van der Waals surface area contributed by atoms with Crippen molar-refractivity contribution in [2.45, 2.75) is 39.2 Å². The largest absolute Gasteiger partial charge is 0.388 e. The average Bonchev–Trinajstić information content (AvgIpc) is 2.36. The maximum Gasteiger partial charge on any atom is 0.270 e. The van der Waals surface area contributed by atoms with Gasteiger partial charge in [0.1, 0.15) is 5.69 Å². The second-order valence-corrected chi connectivity index (χ2v) is 4.28. The topological polar surface area (TPSA) is 62.2 Å². The van der Waals surface area contributed by atoms with E-state index in [1.165, 1.54) is 0 Å². The Hall–Kier alpha value is -1.42. The number of nitrogens with zero attached hydrogens (tertiary/aromatic N) is 1. The second kappa shape index (κ2) is 5.77. The van der Waals surface area contributed by atoms with Crippen LogP contribution >= 0.6 is 0 Å². The zero-order valence-electron chi connectivity index (χ0n) is 10.7. The summed E-state index contributed by atoms with van der Waals surface area (Å²) in [5.41, 5.74) is 0.432. The molecule has 0 fully saturated rings. The average molecular weight is 236 g/mol. The summed E-state index contributed by atoms with van der Waals surface area (Å²) in [5.74, 6) is -0.233. The third kappa shape index (κ3) is 3.53. The van der Waals surface area contributed by atoms with Crippen LogP contribution in [0.1, 0.15) is 42.7 Å². The van der Waals surface area contributed by atoms with Crippen molar-refractivity contribution in [3.63, 3.8) is 0 Å². The number of aliphatic hydroxyl groups is 1. The molecule has 4 nitrogen and oxygen atoms in total. The molecule has 0 atom stereocenters. The highest BCUT2D eigenvalue weighted by molar-refractivity contribution is 5.93. The molecule has 0 unspecified atom stereocenters. The summed E-state index contributed by atoms with van der Waals surface area (Å²) in [6, 6.07) is 3.63. The number of hydrogen-bond donors (Lipinski definition) is 2. The third-order valence-corrected chi connectivity index (χ3v) is 3.12. The van der Waals surface area contributed by atoms with Crippen molar-refractivity contribution in [3.8, 4) is 0 Å². The van der Waals surface area contributed by atoms with E-state index in [9.17, 15) is 9.90 Å². The summed E-state index contributed by atoms with van der Waals surface area (Å²) in [5, 5.41) is 12.8. The highest BCUT2D eigenvalue weighted by atomic mass is 16.3. The molecular formula is C13H20N2O2. The Balaban J connectivity index is 2.65. The van der Waals surface area contributed by atoms with Gasteiger partial charge in [-0.25, -0.2) is 0 Å². The van der Waals surface area contributed by atoms with Gasteiger partial charge in [0.05, 0.1) is 5.60 Å². The first-order chi connectivity index (χ1) is 8.02. The number of carbonyl (C=O) groups is 1. The van der Waals surface area contributed by atoms with E-state index in [0.717, 1.165) is 5.56 Å². The fourth-order valence-corrected chi connectivity index (χ4v) is 1.55. The first kappa shape index (κ1) is 13.6. The van der Waals surface area contributed by atoms with Gasteiger partial charge in [0.15, 0.2) is 0 Å². The van der Waals surface area contributed by atoms with Crippen molar-refractivity contribution < 1.29 is 9.90 Å². The summed E-state index contributed by atoms with van der Waals surface area (Å²) in [4.78, 5) is 15.9. The van der Waals surface area contributed by atoms with E-state index < -0.39 is 5.60 Å². The number of rotatable bonds is 5. The Labute approximate surface area is 102 Å². The zero-order chi connectivity index (χ0) is 12.9. The first-order valence-electron chi connectivity index (χ1n) is 5.94. The van der Waals surface area contributed by atoms with Gasteiger partial charge in [-0.05, 0) is 31.4 Å². The fraction of sp³-hybridized carbons (Fsp3) is 0.538. The molecule has 1 heterocycles. The summed E-state index contributed by atoms with van der Waals surface area (Å²) in [6.45, 7) is 5.91. The van der Waals surface area contributed by atoms with Gasteiger partial charge < -0.3 is 10.4 Å². The van der Waals surface area contributed by atoms with E-state index in [2.05, 4.69) is 10.3 Å². The van der Waals surface area contributed by atoms with Crippen LogP contribution in [0.5, 0.6) is 0 Å². The quantitative estimate of drug-likeness (QED) is 0.817. The minimum absolute atomic E-state index is 0.233. The molecular weight excluding hydrogens is 216 g/mol. The number of aromatic nitrogens is 1. The molecule has 0 aliphatic rings. The van der Waals surface area contributed by atoms with Gasteiger partial charge in [0, 0.05) is 12.7 Å². The van der Waals surface area contributed by atoms with Gasteiger partial charge in [-0.1, -0.05) is 19.9 Å². The third-order valence-electron chi connectivity index (χ3n) is 3.12. The zero-order valence-corrected chi connectivity index (χ0v) is 10.7. The highest BCUT2D eigenvalue weighted by Crippen LogP contribution is 2.13. The maximum atomic E-state index is 11.9. The molecule has 0 saturated heterocycles. The minimum atomic E-state index is -0.821. The first-order valence-corrected chi connectivity index (χ1v) is 5.94. The molecule has 1 aromatic rings. The van der Waals surface area contributed by atoms with Gasteiger partial charge in [-0.3, -0.25) is 9.78 Å². The maximum absolute atomic E-state index is 11.9. The molecule has 0 aliphatic heterocycles. The normalized spacial score (nSPS) is 11.3. The summed E-state index contributed by atoms with van der Waals surface area (Å²) in [6.07, 6.45) is 2.82. The van der Waals surface area contributed by atoms with Crippen LogP contribution in [0.15, 0.2) is 18.3 Å². The standard InChI is InChI=1S/C13H20N2O2/c1-4-13(17,5-2)9-15-12(16)11-10(3)7-6-8-14-11/h6-8,17H,4-5,9H2,1-3H3,(H,15,16). The van der Waals surface area contributed by atoms with Crippen molar-refractivity contribution in [1.82, 2.24) is 10.3 Å². The van der Waals surface area contributed by atoms with Crippen molar-refractivity contribution in [1.29, 1.82) is 0 Å². The van der Waals surface area contributed by atoms with Crippen LogP contribution in [0.2, 0.25) is 0 Å². The van der Waals surface area contributed by atoms with Crippen LogP contribution in [0.4, 0.5) is 0 Å². The minimum Gasteiger partial charge on any atom is -0.388 e. The lowest BCUT2D eigenvalue weighted by molar-refractivity contribution is 0.0313. The van der Waals surface area contributed by atoms with E-state index >= 15 is 0 Å². The number of hydrogen-bond acceptors (Lipinski definition) is 3. The molecule has 0 bridgehead atoms. The Kier molecular flexibility index (Phi) is 4.63. The van der Waals surface area contributed by atoms with Gasteiger partial charge in [0.25, 0.3) is 5.91 Å². The molecule has 0 radical (unpaired) electrons. The lowest BCUT2D eigenvalue weighted by Gasteiger charge is -2.25. The Morgan fingerprint density at radius 2 is 2.12 bits per heavy atom. The SMILES string of the molecule is CCC(O)(CC)CNC(=O)c1ncccc1C. The molecule has 2 N–H and O–H groups in total. The monoisotopic (exact) mass is 236 g/mol. The predicted octanol–water partition coefficient (Wildman–Crippen LogP) is 1.67. The van der Waals surface area contributed by atoms with Gasteiger partial charge in [0.2, 0.25) is 0 Å². The molecule has 0 saturated carbocycles. The lowest BCUT2D eigenvalue weighted by atomic mass is 9.97. The van der Waals surface area contributed by atoms with E-state index in [1.807, 2.05) is 26.8 Å². The Morgan fingerprint density at radius 3 is 2.65 bits per heavy atom. The van der Waals surface area contributed by atoms with Gasteiger partial charge in [-0.15, -0.1) is 0 Å². The smallest absolute Gasteiger partial charge is 0.270 e. The lowest BCUT2D eigenvalue weighted by Crippen LogP contribution is -2.42. The van der Waals surface area contributed by atoms with Crippen molar-refractivity contribution in [3.05, 3.63) is 29.6 Å². The molecule has 17 heavy (non-hydrogen) atoms. The van der Waals surface area contributed by atoms with E-state index in [4.69, 9.17) is 0 Å². The van der Waals surface area contributed by atoms with Crippen LogP contribution in [0.3, 0.4) is 0 Å². The second-order valence-electron chi connectivity index (χ2n) is 4.28. The van der Waals surface area contributed by atoms with Crippen molar-refractivity contribution in [2.75, 3.05) is 6.54 Å². The fourth-order valence-electron chi connectivity index (χ4n) is 1.55. The molecule has 0 spiro atoms. The van der Waals surface area contributed by atoms with Crippen LogP contribution in [-0.4, -0.2) is 28.1 Å². The molecule has 4 heteroatoms. The summed E-state index contributed by atoms with van der Waals surface area (Å²) >= 11 is 0. The van der Waals surface area contributed by atoms with Gasteiger partial charge in [-0.2, -0.15) is 0 Å².